The summed E-state index contributed by atoms with van der Waals surface area (Å²) in [6, 6.07) is 0.850. The van der Waals surface area contributed by atoms with Crippen molar-refractivity contribution in [3.05, 3.63) is 48.7 Å². The van der Waals surface area contributed by atoms with Crippen molar-refractivity contribution in [1.29, 1.82) is 0 Å². The fraction of sp³-hybridized carbons (Fsp3) is 0.375. The molecule has 0 aliphatic carbocycles. The van der Waals surface area contributed by atoms with Gasteiger partial charge in [0, 0.05) is 22.7 Å². The van der Waals surface area contributed by atoms with E-state index in [1.807, 2.05) is 0 Å². The molecule has 10 nitrogen and oxygen atoms in total. The van der Waals surface area contributed by atoms with Crippen molar-refractivity contribution in [2.75, 3.05) is 6.54 Å². The Morgan fingerprint density at radius 2 is 2.28 bits per heavy atom. The molecule has 1 aromatic rings. The number of H-pyrrole nitrogens is 1. The molecule has 0 spiro atoms. The molecule has 0 fully saturated rings. The highest BCUT2D eigenvalue weighted by Gasteiger charge is 2.21. The monoisotopic (exact) mass is 255 g/mol. The highest BCUT2D eigenvalue weighted by molar-refractivity contribution is 5.31. The molecule has 0 bridgehead atoms. The number of azide groups is 1. The zero-order valence-electron chi connectivity index (χ0n) is 8.92. The normalized spacial score (nSPS) is 13.4. The van der Waals surface area contributed by atoms with Crippen molar-refractivity contribution >= 4 is 5.69 Å². The van der Waals surface area contributed by atoms with Gasteiger partial charge in [0.05, 0.1) is 17.6 Å². The number of hydrogen-bond acceptors (Lipinski definition) is 6. The maximum Gasteiger partial charge on any atom is 0.334 e. The van der Waals surface area contributed by atoms with Gasteiger partial charge >= 0.3 is 11.2 Å². The summed E-state index contributed by atoms with van der Waals surface area (Å²) < 4.78 is 0. The fourth-order valence-electron chi connectivity index (χ4n) is 1.24. The Labute approximate surface area is 99.3 Å². The van der Waals surface area contributed by atoms with Crippen LogP contribution in [0.2, 0.25) is 0 Å². The van der Waals surface area contributed by atoms with Crippen LogP contribution in [0.1, 0.15) is 11.7 Å². The second kappa shape index (κ2) is 5.77. The van der Waals surface area contributed by atoms with E-state index in [1.54, 1.807) is 0 Å². The Morgan fingerprint density at radius 3 is 2.83 bits per heavy atom. The second-order valence-corrected chi connectivity index (χ2v) is 3.33. The number of hydrogen-bond donors (Lipinski definition) is 3. The molecule has 18 heavy (non-hydrogen) atoms. The predicted octanol–water partition coefficient (Wildman–Crippen LogP) is -0.0123. The lowest BCUT2D eigenvalue weighted by molar-refractivity contribution is -0.386. The van der Waals surface area contributed by atoms with Crippen LogP contribution in [0.25, 0.3) is 10.4 Å². The van der Waals surface area contributed by atoms with Crippen LogP contribution in [0.4, 0.5) is 5.69 Å². The first-order valence-corrected chi connectivity index (χ1v) is 4.71. The molecule has 0 radical (unpaired) electrons. The highest BCUT2D eigenvalue weighted by atomic mass is 16.6. The van der Waals surface area contributed by atoms with E-state index in [-0.39, 0.29) is 5.56 Å². The molecule has 0 saturated heterocycles. The van der Waals surface area contributed by atoms with Crippen molar-refractivity contribution < 1.29 is 15.1 Å². The number of aromatic amines is 1. The summed E-state index contributed by atoms with van der Waals surface area (Å²) in [5.74, 6) is 0. The van der Waals surface area contributed by atoms with E-state index in [2.05, 4.69) is 15.0 Å². The summed E-state index contributed by atoms with van der Waals surface area (Å²) in [4.78, 5) is 25.1. The van der Waals surface area contributed by atoms with E-state index in [0.717, 1.165) is 12.3 Å². The van der Waals surface area contributed by atoms with Crippen LogP contribution in [0.3, 0.4) is 0 Å². The Morgan fingerprint density at radius 1 is 1.61 bits per heavy atom. The summed E-state index contributed by atoms with van der Waals surface area (Å²) in [5, 5.41) is 32.6. The lowest BCUT2D eigenvalue weighted by Crippen LogP contribution is -2.22. The summed E-state index contributed by atoms with van der Waals surface area (Å²) >= 11 is 0. The van der Waals surface area contributed by atoms with Gasteiger partial charge in [-0.25, -0.2) is 0 Å². The quantitative estimate of drug-likeness (QED) is 0.221. The topological polar surface area (TPSA) is 165 Å². The maximum atomic E-state index is 11.1. The van der Waals surface area contributed by atoms with E-state index in [4.69, 9.17) is 5.53 Å². The van der Waals surface area contributed by atoms with Gasteiger partial charge in [-0.05, 0) is 5.53 Å². The van der Waals surface area contributed by atoms with Crippen molar-refractivity contribution in [1.82, 2.24) is 4.98 Å². The Bertz CT molecular complexity index is 549. The molecule has 1 rings (SSSR count). The van der Waals surface area contributed by atoms with Gasteiger partial charge in [-0.1, -0.05) is 5.11 Å². The molecular formula is C8H9N5O5. The van der Waals surface area contributed by atoms with Crippen LogP contribution in [-0.4, -0.2) is 32.8 Å². The standard InChI is InChI=1S/C8H9N5O5/c9-12-11-3-6(14)7(15)4-1-5(13(17)18)8(16)10-2-4/h1-2,6-7,14-15H,3H2,(H,10,16). The molecule has 0 saturated carbocycles. The largest absolute Gasteiger partial charge is 0.390 e. The van der Waals surface area contributed by atoms with E-state index in [0.29, 0.717) is 0 Å². The highest BCUT2D eigenvalue weighted by Crippen LogP contribution is 2.18. The van der Waals surface area contributed by atoms with Crippen molar-refractivity contribution in [2.24, 2.45) is 5.11 Å². The van der Waals surface area contributed by atoms with Crippen molar-refractivity contribution in [3.63, 3.8) is 0 Å². The summed E-state index contributed by atoms with van der Waals surface area (Å²) in [7, 11) is 0. The van der Waals surface area contributed by atoms with E-state index in [1.165, 1.54) is 0 Å². The second-order valence-electron chi connectivity index (χ2n) is 3.33. The first kappa shape index (κ1) is 13.6. The average molecular weight is 255 g/mol. The minimum atomic E-state index is -1.51. The molecule has 0 aliphatic heterocycles. The molecule has 96 valence electrons. The van der Waals surface area contributed by atoms with Gasteiger partial charge in [-0.3, -0.25) is 14.9 Å². The molecule has 10 heteroatoms. The first-order valence-electron chi connectivity index (χ1n) is 4.71. The van der Waals surface area contributed by atoms with E-state index < -0.39 is 34.9 Å². The molecule has 3 N–H and O–H groups in total. The number of nitro groups is 1. The van der Waals surface area contributed by atoms with Crippen molar-refractivity contribution in [3.8, 4) is 0 Å². The van der Waals surface area contributed by atoms with Crippen LogP contribution < -0.4 is 5.56 Å². The molecule has 2 unspecified atom stereocenters. The van der Waals surface area contributed by atoms with Gasteiger partial charge in [0.15, 0.2) is 0 Å². The summed E-state index contributed by atoms with van der Waals surface area (Å²) in [6.45, 7) is -0.398. The number of rotatable bonds is 5. The number of aliphatic hydroxyl groups excluding tert-OH is 2. The van der Waals surface area contributed by atoms with Crippen LogP contribution >= 0.6 is 0 Å². The maximum absolute atomic E-state index is 11.1. The van der Waals surface area contributed by atoms with Gasteiger partial charge in [0.1, 0.15) is 6.10 Å². The third-order valence-corrected chi connectivity index (χ3v) is 2.14. The van der Waals surface area contributed by atoms with Crippen molar-refractivity contribution in [2.45, 2.75) is 12.2 Å². The molecular weight excluding hydrogens is 246 g/mol. The number of nitrogens with one attached hydrogen (secondary N) is 1. The van der Waals surface area contributed by atoms with Crippen LogP contribution in [0.5, 0.6) is 0 Å². The zero-order chi connectivity index (χ0) is 13.7. The average Bonchev–Trinajstić information content (AvgIpc) is 2.35. The molecule has 0 aromatic carbocycles. The predicted molar refractivity (Wildman–Crippen MR) is 58.7 cm³/mol. The van der Waals surface area contributed by atoms with Gasteiger partial charge < -0.3 is 15.2 Å². The summed E-state index contributed by atoms with van der Waals surface area (Å²) in [6.07, 6.45) is -1.89. The number of aliphatic hydroxyl groups is 2. The molecule has 0 amide bonds. The first-order chi connectivity index (χ1) is 8.47. The van der Waals surface area contributed by atoms with E-state index in [9.17, 15) is 25.1 Å². The number of nitrogens with zero attached hydrogens (tertiary/aromatic N) is 4. The minimum absolute atomic E-state index is 0.0538. The number of aromatic nitrogens is 1. The van der Waals surface area contributed by atoms with Gasteiger partial charge in [0.25, 0.3) is 0 Å². The zero-order valence-corrected chi connectivity index (χ0v) is 8.92. The fourth-order valence-corrected chi connectivity index (χ4v) is 1.24. The molecule has 1 heterocycles. The van der Waals surface area contributed by atoms with Gasteiger partial charge in [0.2, 0.25) is 0 Å². The molecule has 1 aromatic heterocycles. The molecule has 2 atom stereocenters. The van der Waals surface area contributed by atoms with Gasteiger partial charge in [-0.2, -0.15) is 0 Å². The minimum Gasteiger partial charge on any atom is -0.390 e. The van der Waals surface area contributed by atoms with Crippen LogP contribution in [0.15, 0.2) is 22.2 Å². The lowest BCUT2D eigenvalue weighted by atomic mass is 10.1. The Kier molecular flexibility index (Phi) is 4.38. The lowest BCUT2D eigenvalue weighted by Gasteiger charge is -2.15. The van der Waals surface area contributed by atoms with Crippen LogP contribution in [0, 0.1) is 10.1 Å². The van der Waals surface area contributed by atoms with Crippen LogP contribution in [-0.2, 0) is 0 Å². The third-order valence-electron chi connectivity index (χ3n) is 2.14. The number of pyridine rings is 1. The van der Waals surface area contributed by atoms with E-state index >= 15 is 0 Å². The van der Waals surface area contributed by atoms with Gasteiger partial charge in [-0.15, -0.1) is 0 Å². The SMILES string of the molecule is [N-]=[N+]=NCC(O)C(O)c1c[nH]c(=O)c([N+](=O)[O-])c1. The summed E-state index contributed by atoms with van der Waals surface area (Å²) in [5.41, 5.74) is 6.33. The molecule has 0 aliphatic rings. The third kappa shape index (κ3) is 3.04. The smallest absolute Gasteiger partial charge is 0.334 e. The Balaban J connectivity index is 3.03. The Hall–Kier alpha value is -2.42.